The molecule has 2 aromatic carbocycles. The van der Waals surface area contributed by atoms with Gasteiger partial charge < -0.3 is 5.32 Å². The van der Waals surface area contributed by atoms with Crippen LogP contribution in [0.5, 0.6) is 0 Å². The minimum atomic E-state index is -0.808. The van der Waals surface area contributed by atoms with Crippen molar-refractivity contribution < 1.29 is 22.8 Å². The number of anilines is 3. The Morgan fingerprint density at radius 1 is 1.06 bits per heavy atom. The molecule has 0 aliphatic rings. The molecule has 2 amide bonds. The summed E-state index contributed by atoms with van der Waals surface area (Å²) in [7, 11) is 0. The number of halogens is 4. The highest BCUT2D eigenvalue weighted by molar-refractivity contribution is 6.31. The van der Waals surface area contributed by atoms with E-state index in [9.17, 15) is 22.8 Å². The molecule has 0 spiro atoms. The minimum Gasteiger partial charge on any atom is -0.326 e. The third kappa shape index (κ3) is 5.03. The molecule has 1 aromatic heterocycles. The zero-order chi connectivity index (χ0) is 22.7. The first-order chi connectivity index (χ1) is 14.7. The monoisotopic (exact) mass is 447 g/mol. The number of hydrogen-bond acceptors (Lipinski definition) is 3. The predicted octanol–water partition coefficient (Wildman–Crippen LogP) is 5.33. The van der Waals surface area contributed by atoms with Gasteiger partial charge in [0.25, 0.3) is 0 Å². The molecule has 0 bridgehead atoms. The highest BCUT2D eigenvalue weighted by Gasteiger charge is 2.20. The van der Waals surface area contributed by atoms with Gasteiger partial charge in [0.2, 0.25) is 11.8 Å². The van der Waals surface area contributed by atoms with Gasteiger partial charge >= 0.3 is 0 Å². The number of carbonyl (C=O) groups excluding carboxylic acids is 2. The Morgan fingerprint density at radius 3 is 2.39 bits per heavy atom. The van der Waals surface area contributed by atoms with Crippen LogP contribution in [0.25, 0.3) is 0 Å². The Bertz CT molecular complexity index is 1150. The SMILES string of the molecule is CC(=O)N(c1cc(F)c(C)c(F)c1)c1cc(NC(=O)Cc2cccc(F)c2Cl)ccn1. The van der Waals surface area contributed by atoms with E-state index in [-0.39, 0.29) is 34.2 Å². The smallest absolute Gasteiger partial charge is 0.229 e. The van der Waals surface area contributed by atoms with E-state index < -0.39 is 29.3 Å². The summed E-state index contributed by atoms with van der Waals surface area (Å²) >= 11 is 5.88. The lowest BCUT2D eigenvalue weighted by Gasteiger charge is -2.21. The molecule has 5 nitrogen and oxygen atoms in total. The van der Waals surface area contributed by atoms with Crippen LogP contribution in [0.15, 0.2) is 48.7 Å². The van der Waals surface area contributed by atoms with Crippen LogP contribution in [-0.2, 0) is 16.0 Å². The van der Waals surface area contributed by atoms with Gasteiger partial charge in [-0.2, -0.15) is 0 Å². The van der Waals surface area contributed by atoms with Crippen molar-refractivity contribution in [3.05, 3.63) is 82.3 Å². The Labute approximate surface area is 181 Å². The van der Waals surface area contributed by atoms with Crippen molar-refractivity contribution in [1.29, 1.82) is 0 Å². The number of benzene rings is 2. The summed E-state index contributed by atoms with van der Waals surface area (Å²) in [5.74, 6) is -3.21. The van der Waals surface area contributed by atoms with Crippen LogP contribution in [0.2, 0.25) is 5.02 Å². The highest BCUT2D eigenvalue weighted by atomic mass is 35.5. The van der Waals surface area contributed by atoms with Gasteiger partial charge in [0.05, 0.1) is 17.1 Å². The lowest BCUT2D eigenvalue weighted by atomic mass is 10.1. The van der Waals surface area contributed by atoms with Crippen LogP contribution in [0.4, 0.5) is 30.4 Å². The lowest BCUT2D eigenvalue weighted by Crippen LogP contribution is -2.24. The van der Waals surface area contributed by atoms with Crippen LogP contribution in [-0.4, -0.2) is 16.8 Å². The van der Waals surface area contributed by atoms with Crippen molar-refractivity contribution in [2.75, 3.05) is 10.2 Å². The van der Waals surface area contributed by atoms with Crippen LogP contribution < -0.4 is 10.2 Å². The minimum absolute atomic E-state index is 0.0457. The number of hydrogen-bond donors (Lipinski definition) is 1. The fourth-order valence-electron chi connectivity index (χ4n) is 2.92. The normalized spacial score (nSPS) is 10.6. The van der Waals surface area contributed by atoms with E-state index in [1.165, 1.54) is 50.4 Å². The Morgan fingerprint density at radius 2 is 1.74 bits per heavy atom. The Kier molecular flexibility index (Phi) is 6.60. The van der Waals surface area contributed by atoms with Crippen molar-refractivity contribution in [3.63, 3.8) is 0 Å². The first kappa shape index (κ1) is 22.3. The second-order valence-electron chi connectivity index (χ2n) is 6.73. The number of nitrogens with zero attached hydrogens (tertiary/aromatic N) is 2. The van der Waals surface area contributed by atoms with E-state index in [2.05, 4.69) is 10.3 Å². The Balaban J connectivity index is 1.86. The van der Waals surface area contributed by atoms with Crippen molar-refractivity contribution in [1.82, 2.24) is 4.98 Å². The predicted molar refractivity (Wildman–Crippen MR) is 112 cm³/mol. The quantitative estimate of drug-likeness (QED) is 0.575. The largest absolute Gasteiger partial charge is 0.326 e. The van der Waals surface area contributed by atoms with Gasteiger partial charge in [-0.3, -0.25) is 14.5 Å². The molecule has 0 aliphatic carbocycles. The van der Waals surface area contributed by atoms with E-state index in [0.29, 0.717) is 5.56 Å². The van der Waals surface area contributed by atoms with Crippen molar-refractivity contribution in [2.24, 2.45) is 0 Å². The topological polar surface area (TPSA) is 62.3 Å². The summed E-state index contributed by atoms with van der Waals surface area (Å²) in [4.78, 5) is 29.7. The van der Waals surface area contributed by atoms with Gasteiger partial charge in [-0.1, -0.05) is 23.7 Å². The molecule has 0 atom stereocenters. The maximum atomic E-state index is 14.0. The van der Waals surface area contributed by atoms with Crippen molar-refractivity contribution >= 4 is 40.6 Å². The number of aromatic nitrogens is 1. The summed E-state index contributed by atoms with van der Waals surface area (Å²) in [6, 6.07) is 9.06. The van der Waals surface area contributed by atoms with Crippen LogP contribution in [0.1, 0.15) is 18.1 Å². The number of rotatable bonds is 5. The molecule has 31 heavy (non-hydrogen) atoms. The molecule has 1 heterocycles. The number of nitrogens with one attached hydrogen (secondary N) is 1. The van der Waals surface area contributed by atoms with E-state index in [4.69, 9.17) is 11.6 Å². The zero-order valence-corrected chi connectivity index (χ0v) is 17.3. The van der Waals surface area contributed by atoms with Crippen LogP contribution in [0.3, 0.4) is 0 Å². The van der Waals surface area contributed by atoms with Gasteiger partial charge in [-0.15, -0.1) is 0 Å². The van der Waals surface area contributed by atoms with E-state index in [1.807, 2.05) is 0 Å². The van der Waals surface area contributed by atoms with Gasteiger partial charge in [0.1, 0.15) is 23.3 Å². The summed E-state index contributed by atoms with van der Waals surface area (Å²) in [6.07, 6.45) is 1.15. The molecular weight excluding hydrogens is 431 g/mol. The molecule has 3 rings (SSSR count). The first-order valence-electron chi connectivity index (χ1n) is 9.12. The molecule has 0 aliphatic heterocycles. The fraction of sp³-hybridized carbons (Fsp3) is 0.136. The number of amides is 2. The first-order valence-corrected chi connectivity index (χ1v) is 9.50. The van der Waals surface area contributed by atoms with Gasteiger partial charge in [0, 0.05) is 30.4 Å². The summed E-state index contributed by atoms with van der Waals surface area (Å²) in [6.45, 7) is 2.50. The van der Waals surface area contributed by atoms with Crippen molar-refractivity contribution in [3.8, 4) is 0 Å². The second-order valence-corrected chi connectivity index (χ2v) is 7.11. The van der Waals surface area contributed by atoms with Crippen LogP contribution in [0, 0.1) is 24.4 Å². The molecule has 0 radical (unpaired) electrons. The molecule has 160 valence electrons. The fourth-order valence-corrected chi connectivity index (χ4v) is 3.11. The van der Waals surface area contributed by atoms with Crippen molar-refractivity contribution in [2.45, 2.75) is 20.3 Å². The lowest BCUT2D eigenvalue weighted by molar-refractivity contribution is -0.116. The third-order valence-corrected chi connectivity index (χ3v) is 4.90. The number of carbonyl (C=O) groups is 2. The van der Waals surface area contributed by atoms with E-state index >= 15 is 0 Å². The maximum Gasteiger partial charge on any atom is 0.229 e. The summed E-state index contributed by atoms with van der Waals surface area (Å²) in [5, 5.41) is 2.47. The summed E-state index contributed by atoms with van der Waals surface area (Å²) < 4.78 is 41.6. The summed E-state index contributed by atoms with van der Waals surface area (Å²) in [5.41, 5.74) is 0.374. The van der Waals surface area contributed by atoms with E-state index in [1.54, 1.807) is 0 Å². The molecule has 0 saturated carbocycles. The third-order valence-electron chi connectivity index (χ3n) is 4.48. The maximum absolute atomic E-state index is 14.0. The molecule has 3 aromatic rings. The Hall–Kier alpha value is -3.39. The molecule has 0 fully saturated rings. The average Bonchev–Trinajstić information content (AvgIpc) is 2.69. The number of pyridine rings is 1. The second kappa shape index (κ2) is 9.18. The van der Waals surface area contributed by atoms with E-state index in [0.717, 1.165) is 17.0 Å². The van der Waals surface area contributed by atoms with Gasteiger partial charge in [-0.25, -0.2) is 18.2 Å². The average molecular weight is 448 g/mol. The molecule has 0 unspecified atom stereocenters. The van der Waals surface area contributed by atoms with Gasteiger partial charge in [0.15, 0.2) is 0 Å². The highest BCUT2D eigenvalue weighted by Crippen LogP contribution is 2.29. The standard InChI is InChI=1S/C22H17ClF3N3O2/c1-12-18(25)10-16(11-19(12)26)29(13(2)30)20-9-15(6-7-27-20)28-21(31)8-14-4-3-5-17(24)22(14)23/h3-7,9-11H,8H2,1-2H3,(H,27,28,31). The van der Waals surface area contributed by atoms with Crippen LogP contribution >= 0.6 is 11.6 Å². The van der Waals surface area contributed by atoms with Gasteiger partial charge in [-0.05, 0) is 36.8 Å². The molecular formula is C22H17ClF3N3O2. The molecule has 9 heteroatoms. The molecule has 1 N–H and O–H groups in total. The molecule has 0 saturated heterocycles. The zero-order valence-electron chi connectivity index (χ0n) is 16.5.